The Hall–Kier alpha value is -1.74. The number of piperazine rings is 1. The highest BCUT2D eigenvalue weighted by Gasteiger charge is 2.35. The van der Waals surface area contributed by atoms with Crippen molar-refractivity contribution in [3.63, 3.8) is 0 Å². The van der Waals surface area contributed by atoms with Gasteiger partial charge >= 0.3 is 0 Å². The molecule has 1 aromatic heterocycles. The molecule has 1 unspecified atom stereocenters. The van der Waals surface area contributed by atoms with Crippen LogP contribution in [0.2, 0.25) is 0 Å². The molecule has 6 nitrogen and oxygen atoms in total. The Labute approximate surface area is 170 Å². The molecular weight excluding hydrogens is 394 g/mol. The molecule has 2 aliphatic rings. The normalized spacial score (nSPS) is 23.8. The molecule has 2 saturated heterocycles. The summed E-state index contributed by atoms with van der Waals surface area (Å²) in [6, 6.07) is 13.2. The van der Waals surface area contributed by atoms with Crippen LogP contribution in [0, 0.1) is 0 Å². The van der Waals surface area contributed by atoms with Crippen molar-refractivity contribution in [3.8, 4) is 0 Å². The number of sulfonamides is 1. The number of nitrogens with one attached hydrogen (secondary N) is 1. The molecular formula is C20H26N3O3S2+. The Kier molecular flexibility index (Phi) is 5.82. The van der Waals surface area contributed by atoms with Crippen LogP contribution in [-0.2, 0) is 14.8 Å². The van der Waals surface area contributed by atoms with E-state index in [1.807, 2.05) is 4.90 Å². The minimum Gasteiger partial charge on any atom is -0.335 e. The molecule has 4 rings (SSSR count). The van der Waals surface area contributed by atoms with Crippen LogP contribution in [0.25, 0.3) is 0 Å². The van der Waals surface area contributed by atoms with Gasteiger partial charge in [-0.3, -0.25) is 4.79 Å². The Balaban J connectivity index is 1.34. The van der Waals surface area contributed by atoms with Crippen molar-refractivity contribution in [1.82, 2.24) is 9.21 Å². The number of rotatable bonds is 5. The van der Waals surface area contributed by atoms with Gasteiger partial charge in [-0.1, -0.05) is 24.3 Å². The third kappa shape index (κ3) is 4.00. The van der Waals surface area contributed by atoms with Crippen molar-refractivity contribution in [2.75, 3.05) is 39.3 Å². The third-order valence-corrected chi connectivity index (χ3v) is 8.62. The topological polar surface area (TPSA) is 62.1 Å². The second kappa shape index (κ2) is 8.32. The zero-order valence-electron chi connectivity index (χ0n) is 15.8. The lowest BCUT2D eigenvalue weighted by molar-refractivity contribution is -0.910. The van der Waals surface area contributed by atoms with Crippen LogP contribution in [-0.4, -0.2) is 62.8 Å². The number of nitrogens with zero attached hydrogens (tertiary/aromatic N) is 2. The largest absolute Gasteiger partial charge is 0.335 e. The average Bonchev–Trinajstić information content (AvgIpc) is 3.40. The molecule has 0 aliphatic carbocycles. The molecule has 0 saturated carbocycles. The van der Waals surface area contributed by atoms with E-state index < -0.39 is 10.0 Å². The molecule has 2 atom stereocenters. The van der Waals surface area contributed by atoms with E-state index in [0.717, 1.165) is 19.4 Å². The molecule has 3 heterocycles. The maximum Gasteiger partial charge on any atom is 0.277 e. The fourth-order valence-corrected chi connectivity index (χ4v) is 6.55. The maximum atomic E-state index is 12.8. The van der Waals surface area contributed by atoms with Gasteiger partial charge in [0.1, 0.15) is 6.04 Å². The van der Waals surface area contributed by atoms with Gasteiger partial charge in [-0.05, 0) is 23.6 Å². The maximum absolute atomic E-state index is 12.8. The van der Waals surface area contributed by atoms with E-state index in [1.54, 1.807) is 41.7 Å². The van der Waals surface area contributed by atoms with E-state index in [9.17, 15) is 13.2 Å². The average molecular weight is 421 g/mol. The Morgan fingerprint density at radius 1 is 1.07 bits per heavy atom. The minimum absolute atomic E-state index is 0.134. The first kappa shape index (κ1) is 19.6. The Morgan fingerprint density at radius 3 is 2.50 bits per heavy atom. The van der Waals surface area contributed by atoms with Gasteiger partial charge in [0.25, 0.3) is 5.91 Å². The number of thiophene rings is 1. The summed E-state index contributed by atoms with van der Waals surface area (Å²) >= 11 is 1.77. The summed E-state index contributed by atoms with van der Waals surface area (Å²) in [5, 5.41) is 2.10. The zero-order valence-corrected chi connectivity index (χ0v) is 17.4. The number of hydrogen-bond acceptors (Lipinski definition) is 4. The molecule has 150 valence electrons. The summed E-state index contributed by atoms with van der Waals surface area (Å²) in [6.07, 6.45) is 2.28. The summed E-state index contributed by atoms with van der Waals surface area (Å²) in [6.45, 7) is 3.15. The predicted octanol–water partition coefficient (Wildman–Crippen LogP) is 1.00. The second-order valence-corrected chi connectivity index (χ2v) is 10.3. The minimum atomic E-state index is -3.48. The van der Waals surface area contributed by atoms with Crippen LogP contribution in [0.5, 0.6) is 0 Å². The number of hydrogen-bond donors (Lipinski definition) is 1. The number of quaternary nitrogens is 1. The molecule has 28 heavy (non-hydrogen) atoms. The lowest BCUT2D eigenvalue weighted by Crippen LogP contribution is -3.11. The third-order valence-electron chi connectivity index (χ3n) is 5.72. The number of benzene rings is 1. The van der Waals surface area contributed by atoms with Crippen molar-refractivity contribution < 1.29 is 18.1 Å². The molecule has 0 radical (unpaired) electrons. The predicted molar refractivity (Wildman–Crippen MR) is 109 cm³/mol. The van der Waals surface area contributed by atoms with Gasteiger partial charge in [-0.25, -0.2) is 8.42 Å². The summed E-state index contributed by atoms with van der Waals surface area (Å²) < 4.78 is 27.0. The molecule has 0 spiro atoms. The molecule has 2 aromatic rings. The van der Waals surface area contributed by atoms with E-state index in [4.69, 9.17) is 0 Å². The molecule has 8 heteroatoms. The van der Waals surface area contributed by atoms with Crippen LogP contribution in [0.4, 0.5) is 0 Å². The quantitative estimate of drug-likeness (QED) is 0.785. The van der Waals surface area contributed by atoms with Gasteiger partial charge in [0.15, 0.2) is 6.54 Å². The SMILES string of the molecule is O=C(C[NH+]1CCC[C@H]1c1cccs1)N1CCN(S(=O)(=O)c2ccccc2)CC1. The van der Waals surface area contributed by atoms with Gasteiger partial charge in [0.2, 0.25) is 10.0 Å². The fourth-order valence-electron chi connectivity index (χ4n) is 4.18. The Morgan fingerprint density at radius 2 is 1.82 bits per heavy atom. The monoisotopic (exact) mass is 420 g/mol. The van der Waals surface area contributed by atoms with E-state index in [0.29, 0.717) is 43.7 Å². The van der Waals surface area contributed by atoms with Crippen molar-refractivity contribution in [2.24, 2.45) is 0 Å². The van der Waals surface area contributed by atoms with Crippen LogP contribution in [0.15, 0.2) is 52.7 Å². The van der Waals surface area contributed by atoms with Crippen molar-refractivity contribution in [3.05, 3.63) is 52.7 Å². The number of carbonyl (C=O) groups is 1. The first-order chi connectivity index (χ1) is 13.6. The number of amides is 1. The molecule has 0 bridgehead atoms. The van der Waals surface area contributed by atoms with Gasteiger partial charge in [0.05, 0.1) is 16.3 Å². The summed E-state index contributed by atoms with van der Waals surface area (Å²) in [5.74, 6) is 0.134. The second-order valence-electron chi connectivity index (χ2n) is 7.39. The van der Waals surface area contributed by atoms with E-state index in [2.05, 4.69) is 17.5 Å². The highest BCUT2D eigenvalue weighted by atomic mass is 32.2. The molecule has 2 aliphatic heterocycles. The molecule has 1 amide bonds. The highest BCUT2D eigenvalue weighted by Crippen LogP contribution is 2.23. The summed E-state index contributed by atoms with van der Waals surface area (Å²) in [7, 11) is -3.48. The van der Waals surface area contributed by atoms with Crippen molar-refractivity contribution in [1.29, 1.82) is 0 Å². The van der Waals surface area contributed by atoms with E-state index in [1.165, 1.54) is 14.1 Å². The lowest BCUT2D eigenvalue weighted by Gasteiger charge is -2.34. The van der Waals surface area contributed by atoms with Crippen LogP contribution < -0.4 is 4.90 Å². The van der Waals surface area contributed by atoms with E-state index >= 15 is 0 Å². The van der Waals surface area contributed by atoms with Gasteiger partial charge in [0, 0.05) is 39.0 Å². The summed E-state index contributed by atoms with van der Waals surface area (Å²) in [5.41, 5.74) is 0. The molecule has 2 fully saturated rings. The standard InChI is InChI=1S/C20H25N3O3S2/c24-20(16-22-10-4-8-18(22)19-9-5-15-27-19)21-11-13-23(14-12-21)28(25,26)17-6-2-1-3-7-17/h1-3,5-7,9,15,18H,4,8,10-14,16H2/p+1/t18-/m0/s1. The molecule has 1 N–H and O–H groups in total. The Bertz CT molecular complexity index is 892. The lowest BCUT2D eigenvalue weighted by atomic mass is 10.2. The van der Waals surface area contributed by atoms with Crippen LogP contribution in [0.3, 0.4) is 0 Å². The van der Waals surface area contributed by atoms with Crippen LogP contribution >= 0.6 is 11.3 Å². The summed E-state index contributed by atoms with van der Waals surface area (Å²) in [4.78, 5) is 17.7. The van der Waals surface area contributed by atoms with E-state index in [-0.39, 0.29) is 5.91 Å². The van der Waals surface area contributed by atoms with Gasteiger partial charge in [-0.2, -0.15) is 4.31 Å². The highest BCUT2D eigenvalue weighted by molar-refractivity contribution is 7.89. The first-order valence-corrected chi connectivity index (χ1v) is 12.1. The zero-order chi connectivity index (χ0) is 19.6. The number of carbonyl (C=O) groups excluding carboxylic acids is 1. The van der Waals surface area contributed by atoms with Crippen LogP contribution in [0.1, 0.15) is 23.8 Å². The smallest absolute Gasteiger partial charge is 0.277 e. The van der Waals surface area contributed by atoms with Gasteiger partial charge in [-0.15, -0.1) is 11.3 Å². The first-order valence-electron chi connectivity index (χ1n) is 9.76. The van der Waals surface area contributed by atoms with Crippen molar-refractivity contribution in [2.45, 2.75) is 23.8 Å². The fraction of sp³-hybridized carbons (Fsp3) is 0.450. The van der Waals surface area contributed by atoms with Crippen molar-refractivity contribution >= 4 is 27.3 Å². The number of likely N-dealkylation sites (tertiary alicyclic amines) is 1. The molecule has 1 aromatic carbocycles. The van der Waals surface area contributed by atoms with Gasteiger partial charge < -0.3 is 9.80 Å².